The van der Waals surface area contributed by atoms with Crippen molar-refractivity contribution < 1.29 is 18.7 Å². The molecule has 6 heteroatoms. The third-order valence-corrected chi connectivity index (χ3v) is 5.45. The summed E-state index contributed by atoms with van der Waals surface area (Å²) >= 11 is 0. The second-order valence-electron chi connectivity index (χ2n) is 7.57. The molecule has 0 fully saturated rings. The molecule has 5 nitrogen and oxygen atoms in total. The molecule has 0 saturated carbocycles. The molecular weight excluding hydrogens is 419 g/mol. The van der Waals surface area contributed by atoms with Crippen LogP contribution in [-0.4, -0.2) is 29.6 Å². The zero-order valence-electron chi connectivity index (χ0n) is 18.6. The number of hydrogen-bond donors (Lipinski definition) is 0. The maximum Gasteiger partial charge on any atom is 0.256 e. The highest BCUT2D eigenvalue weighted by Crippen LogP contribution is 2.28. The van der Waals surface area contributed by atoms with E-state index in [0.717, 1.165) is 16.8 Å². The molecule has 168 valence electrons. The van der Waals surface area contributed by atoms with Crippen LogP contribution < -0.4 is 9.47 Å². The number of para-hydroxylation sites is 1. The molecular formula is C27H25FN2O3. The summed E-state index contributed by atoms with van der Waals surface area (Å²) in [5, 5.41) is 0. The minimum atomic E-state index is -0.314. The molecule has 1 aromatic heterocycles. The number of rotatable bonds is 8. The van der Waals surface area contributed by atoms with E-state index in [-0.39, 0.29) is 11.7 Å². The lowest BCUT2D eigenvalue weighted by molar-refractivity contribution is 0.0729. The van der Waals surface area contributed by atoms with E-state index in [1.54, 1.807) is 37.3 Å². The average Bonchev–Trinajstić information content (AvgIpc) is 3.39. The summed E-state index contributed by atoms with van der Waals surface area (Å²) in [6.45, 7) is 0.623. The van der Waals surface area contributed by atoms with Crippen LogP contribution in [0.1, 0.15) is 21.5 Å². The predicted octanol–water partition coefficient (Wildman–Crippen LogP) is 5.48. The van der Waals surface area contributed by atoms with Crippen molar-refractivity contribution in [1.29, 1.82) is 0 Å². The predicted molar refractivity (Wildman–Crippen MR) is 125 cm³/mol. The van der Waals surface area contributed by atoms with E-state index >= 15 is 0 Å². The number of amides is 1. The van der Waals surface area contributed by atoms with E-state index in [2.05, 4.69) is 0 Å². The first-order chi connectivity index (χ1) is 16.1. The van der Waals surface area contributed by atoms with Gasteiger partial charge in [0.15, 0.2) is 0 Å². The Hall–Kier alpha value is -4.06. The average molecular weight is 445 g/mol. The third kappa shape index (κ3) is 5.06. The van der Waals surface area contributed by atoms with E-state index in [1.165, 1.54) is 12.1 Å². The molecule has 4 aromatic rings. The van der Waals surface area contributed by atoms with Gasteiger partial charge in [0.25, 0.3) is 5.91 Å². The third-order valence-electron chi connectivity index (χ3n) is 5.45. The van der Waals surface area contributed by atoms with Crippen LogP contribution in [0.3, 0.4) is 0 Å². The fourth-order valence-corrected chi connectivity index (χ4v) is 3.74. The second-order valence-corrected chi connectivity index (χ2v) is 7.57. The van der Waals surface area contributed by atoms with Crippen LogP contribution >= 0.6 is 0 Å². The van der Waals surface area contributed by atoms with Crippen molar-refractivity contribution in [1.82, 2.24) is 9.47 Å². The maximum absolute atomic E-state index is 13.8. The van der Waals surface area contributed by atoms with Crippen LogP contribution in [0.2, 0.25) is 0 Å². The van der Waals surface area contributed by atoms with E-state index in [0.29, 0.717) is 30.2 Å². The minimum Gasteiger partial charge on any atom is -0.497 e. The van der Waals surface area contributed by atoms with Crippen molar-refractivity contribution in [3.05, 3.63) is 114 Å². The number of nitrogens with zero attached hydrogens (tertiary/aromatic N) is 2. The molecule has 33 heavy (non-hydrogen) atoms. The SMILES string of the molecule is COc1ccc(CN(Cc2ccc(F)cc2)C(=O)c2ccccc2-n2cccc2)c(OC)c1. The Morgan fingerprint density at radius 3 is 2.30 bits per heavy atom. The first kappa shape index (κ1) is 22.1. The Balaban J connectivity index is 1.72. The maximum atomic E-state index is 13.8. The van der Waals surface area contributed by atoms with Crippen molar-refractivity contribution in [2.75, 3.05) is 14.2 Å². The van der Waals surface area contributed by atoms with E-state index in [1.807, 2.05) is 65.5 Å². The Labute approximate surface area is 192 Å². The first-order valence-electron chi connectivity index (χ1n) is 10.6. The van der Waals surface area contributed by atoms with Gasteiger partial charge in [0.2, 0.25) is 0 Å². The summed E-state index contributed by atoms with van der Waals surface area (Å²) in [5.41, 5.74) is 3.03. The van der Waals surface area contributed by atoms with Gasteiger partial charge in [-0.1, -0.05) is 24.3 Å². The molecule has 0 saturated heterocycles. The molecule has 4 rings (SSSR count). The number of methoxy groups -OCH3 is 2. The van der Waals surface area contributed by atoms with Crippen molar-refractivity contribution in [2.24, 2.45) is 0 Å². The fraction of sp³-hybridized carbons (Fsp3) is 0.148. The van der Waals surface area contributed by atoms with E-state index in [4.69, 9.17) is 9.47 Å². The Kier molecular flexibility index (Phi) is 6.74. The minimum absolute atomic E-state index is 0.138. The van der Waals surface area contributed by atoms with Gasteiger partial charge in [0.1, 0.15) is 17.3 Å². The van der Waals surface area contributed by atoms with Crippen molar-refractivity contribution in [3.8, 4) is 17.2 Å². The van der Waals surface area contributed by atoms with E-state index < -0.39 is 0 Å². The number of hydrogen-bond acceptors (Lipinski definition) is 3. The summed E-state index contributed by atoms with van der Waals surface area (Å²) < 4.78 is 26.2. The summed E-state index contributed by atoms with van der Waals surface area (Å²) in [7, 11) is 3.18. The molecule has 0 aliphatic carbocycles. The molecule has 3 aromatic carbocycles. The summed E-state index contributed by atoms with van der Waals surface area (Å²) in [6, 6.07) is 23.0. The van der Waals surface area contributed by atoms with Crippen molar-refractivity contribution >= 4 is 5.91 Å². The van der Waals surface area contributed by atoms with Gasteiger partial charge in [0, 0.05) is 37.1 Å². The Morgan fingerprint density at radius 2 is 1.61 bits per heavy atom. The zero-order chi connectivity index (χ0) is 23.2. The quantitative estimate of drug-likeness (QED) is 0.362. The summed E-state index contributed by atoms with van der Waals surface area (Å²) in [5.74, 6) is 0.850. The van der Waals surface area contributed by atoms with Gasteiger partial charge in [-0.25, -0.2) is 4.39 Å². The normalized spacial score (nSPS) is 10.6. The number of aromatic nitrogens is 1. The number of ether oxygens (including phenoxy) is 2. The van der Waals surface area contributed by atoms with Crippen molar-refractivity contribution in [3.63, 3.8) is 0 Å². The van der Waals surface area contributed by atoms with Gasteiger partial charge >= 0.3 is 0 Å². The smallest absolute Gasteiger partial charge is 0.256 e. The molecule has 0 spiro atoms. The number of benzene rings is 3. The largest absolute Gasteiger partial charge is 0.497 e. The molecule has 0 unspecified atom stereocenters. The highest BCUT2D eigenvalue weighted by molar-refractivity contribution is 5.97. The van der Waals surface area contributed by atoms with Crippen LogP contribution in [0.25, 0.3) is 5.69 Å². The van der Waals surface area contributed by atoms with E-state index in [9.17, 15) is 9.18 Å². The van der Waals surface area contributed by atoms with Crippen LogP contribution in [-0.2, 0) is 13.1 Å². The molecule has 0 N–H and O–H groups in total. The lowest BCUT2D eigenvalue weighted by Crippen LogP contribution is -2.31. The number of carbonyl (C=O) groups is 1. The van der Waals surface area contributed by atoms with Gasteiger partial charge in [-0.2, -0.15) is 0 Å². The Morgan fingerprint density at radius 1 is 0.879 bits per heavy atom. The summed E-state index contributed by atoms with van der Waals surface area (Å²) in [4.78, 5) is 15.6. The molecule has 1 amide bonds. The fourth-order valence-electron chi connectivity index (χ4n) is 3.74. The van der Waals surface area contributed by atoms with Crippen LogP contribution in [0.15, 0.2) is 91.3 Å². The zero-order valence-corrected chi connectivity index (χ0v) is 18.6. The molecule has 0 bridgehead atoms. The van der Waals surface area contributed by atoms with Gasteiger partial charge in [-0.05, 0) is 54.1 Å². The lowest BCUT2D eigenvalue weighted by Gasteiger charge is -2.25. The van der Waals surface area contributed by atoms with Gasteiger partial charge in [-0.3, -0.25) is 4.79 Å². The van der Waals surface area contributed by atoms with Gasteiger partial charge < -0.3 is 18.9 Å². The van der Waals surface area contributed by atoms with Crippen LogP contribution in [0.4, 0.5) is 4.39 Å². The molecule has 0 atom stereocenters. The topological polar surface area (TPSA) is 43.7 Å². The molecule has 0 aliphatic heterocycles. The Bertz CT molecular complexity index is 1220. The molecule has 0 aliphatic rings. The molecule has 1 heterocycles. The lowest BCUT2D eigenvalue weighted by atomic mass is 10.1. The van der Waals surface area contributed by atoms with Gasteiger partial charge in [-0.15, -0.1) is 0 Å². The van der Waals surface area contributed by atoms with Gasteiger partial charge in [0.05, 0.1) is 25.5 Å². The highest BCUT2D eigenvalue weighted by atomic mass is 19.1. The first-order valence-corrected chi connectivity index (χ1v) is 10.6. The highest BCUT2D eigenvalue weighted by Gasteiger charge is 2.22. The standard InChI is InChI=1S/C27H25FN2O3/c1-32-23-14-11-21(26(17-23)33-2)19-30(18-20-9-12-22(28)13-10-20)27(31)24-7-3-4-8-25(24)29-15-5-6-16-29/h3-17H,18-19H2,1-2H3. The second kappa shape index (κ2) is 10.0. The monoisotopic (exact) mass is 444 g/mol. The molecule has 0 radical (unpaired) electrons. The summed E-state index contributed by atoms with van der Waals surface area (Å²) in [6.07, 6.45) is 3.81. The van der Waals surface area contributed by atoms with Crippen LogP contribution in [0, 0.1) is 5.82 Å². The van der Waals surface area contributed by atoms with Crippen LogP contribution in [0.5, 0.6) is 11.5 Å². The van der Waals surface area contributed by atoms with Crippen molar-refractivity contribution in [2.45, 2.75) is 13.1 Å². The number of carbonyl (C=O) groups excluding carboxylic acids is 1. The number of halogens is 1.